The molecular formula is C32H54NO7P. The quantitative estimate of drug-likeness (QED) is 0.0506. The molecule has 0 heterocycles. The van der Waals surface area contributed by atoms with Crippen molar-refractivity contribution in [3.05, 3.63) is 48.0 Å². The number of ether oxygens (including phenoxy) is 1. The van der Waals surface area contributed by atoms with Crippen LogP contribution in [0.15, 0.2) is 42.5 Å². The van der Waals surface area contributed by atoms with Crippen LogP contribution in [0.2, 0.25) is 0 Å². The lowest BCUT2D eigenvalue weighted by atomic mass is 10.0. The Labute approximate surface area is 248 Å². The average Bonchev–Trinajstić information content (AvgIpc) is 2.96. The van der Waals surface area contributed by atoms with E-state index >= 15 is 0 Å². The summed E-state index contributed by atoms with van der Waals surface area (Å²) in [6.07, 6.45) is 19.1. The van der Waals surface area contributed by atoms with Crippen molar-refractivity contribution >= 4 is 19.7 Å². The van der Waals surface area contributed by atoms with Crippen molar-refractivity contribution in [1.82, 2.24) is 5.32 Å². The Bertz CT molecular complexity index is 893. The number of carbonyl (C=O) groups is 2. The van der Waals surface area contributed by atoms with Gasteiger partial charge in [0.25, 0.3) is 0 Å². The van der Waals surface area contributed by atoms with Crippen LogP contribution in [-0.4, -0.2) is 42.1 Å². The molecule has 1 unspecified atom stereocenters. The molecule has 2 N–H and O–H groups in total. The molecule has 0 bridgehead atoms. The summed E-state index contributed by atoms with van der Waals surface area (Å²) in [5.41, 5.74) is 0.360. The molecule has 0 aliphatic rings. The molecule has 1 rings (SSSR count). The molecule has 0 saturated carbocycles. The summed E-state index contributed by atoms with van der Waals surface area (Å²) in [7, 11) is -4.32. The maximum Gasteiger partial charge on any atom is 0.472 e. The Morgan fingerprint density at radius 2 is 1.41 bits per heavy atom. The maximum absolute atomic E-state index is 12.8. The minimum Gasteiger partial charge on any atom is -0.452 e. The highest BCUT2D eigenvalue weighted by molar-refractivity contribution is 7.47. The maximum atomic E-state index is 12.8. The smallest absolute Gasteiger partial charge is 0.452 e. The molecule has 0 aromatic heterocycles. The van der Waals surface area contributed by atoms with E-state index in [1.165, 1.54) is 64.2 Å². The largest absolute Gasteiger partial charge is 0.472 e. The van der Waals surface area contributed by atoms with Gasteiger partial charge in [-0.1, -0.05) is 115 Å². The van der Waals surface area contributed by atoms with Crippen molar-refractivity contribution in [1.29, 1.82) is 0 Å². The number of benzene rings is 1. The molecule has 0 radical (unpaired) electrons. The van der Waals surface area contributed by atoms with Crippen molar-refractivity contribution in [2.75, 3.05) is 13.2 Å². The van der Waals surface area contributed by atoms with Gasteiger partial charge >= 0.3 is 13.8 Å². The molecule has 1 amide bonds. The van der Waals surface area contributed by atoms with Crippen LogP contribution in [-0.2, 0) is 23.1 Å². The number of hydrogen-bond acceptors (Lipinski definition) is 6. The Balaban J connectivity index is 2.55. The molecule has 0 aliphatic carbocycles. The second-order valence-corrected chi connectivity index (χ2v) is 12.0. The van der Waals surface area contributed by atoms with Crippen LogP contribution in [0.3, 0.4) is 0 Å². The number of allylic oxidation sites excluding steroid dienone is 1. The number of amides is 1. The molecular weight excluding hydrogens is 541 g/mol. The number of unbranched alkanes of at least 4 members (excludes halogenated alkanes) is 12. The monoisotopic (exact) mass is 595 g/mol. The SMILES string of the molecule is C/C=C/[C@@H](OC(=O)c1ccccc1)[C@H](COP(=O)(O)OCCC)NC(=O)CCCCCCCCCCCCCCC. The van der Waals surface area contributed by atoms with Gasteiger partial charge in [-0.3, -0.25) is 13.8 Å². The molecule has 0 aliphatic heterocycles. The van der Waals surface area contributed by atoms with Gasteiger partial charge in [0.15, 0.2) is 0 Å². The van der Waals surface area contributed by atoms with E-state index in [1.54, 1.807) is 49.4 Å². The van der Waals surface area contributed by atoms with Crippen LogP contribution in [0.5, 0.6) is 0 Å². The molecule has 0 saturated heterocycles. The molecule has 1 aromatic carbocycles. The normalized spacial score (nSPS) is 14.4. The van der Waals surface area contributed by atoms with Gasteiger partial charge in [0, 0.05) is 6.42 Å². The summed E-state index contributed by atoms with van der Waals surface area (Å²) in [4.78, 5) is 35.6. The number of phosphoric ester groups is 1. The average molecular weight is 596 g/mol. The van der Waals surface area contributed by atoms with Crippen LogP contribution in [0.1, 0.15) is 127 Å². The van der Waals surface area contributed by atoms with E-state index < -0.39 is 25.9 Å². The van der Waals surface area contributed by atoms with Crippen molar-refractivity contribution < 1.29 is 32.8 Å². The van der Waals surface area contributed by atoms with Crippen molar-refractivity contribution in [2.24, 2.45) is 0 Å². The van der Waals surface area contributed by atoms with E-state index in [9.17, 15) is 19.0 Å². The lowest BCUT2D eigenvalue weighted by molar-refractivity contribution is -0.123. The zero-order valence-corrected chi connectivity index (χ0v) is 26.5. The summed E-state index contributed by atoms with van der Waals surface area (Å²) in [6.45, 7) is 5.51. The van der Waals surface area contributed by atoms with E-state index in [1.807, 2.05) is 6.92 Å². The lowest BCUT2D eigenvalue weighted by Crippen LogP contribution is -2.47. The van der Waals surface area contributed by atoms with E-state index in [2.05, 4.69) is 12.2 Å². The summed E-state index contributed by atoms with van der Waals surface area (Å²) in [6, 6.07) is 7.64. The summed E-state index contributed by atoms with van der Waals surface area (Å²) in [5.74, 6) is -0.798. The second-order valence-electron chi connectivity index (χ2n) is 10.5. The minimum absolute atomic E-state index is 0.0607. The first kappa shape index (κ1) is 37.0. The third kappa shape index (κ3) is 18.9. The standard InChI is InChI=1S/C32H54NO7P/c1-4-7-8-9-10-11-12-13-14-15-16-17-21-25-31(34)33-29(27-39-41(36,37)38-26-6-3)30(22-5-2)40-32(35)28-23-19-18-20-24-28/h5,18-20,22-24,29-30H,4,6-17,21,25-27H2,1-3H3,(H,33,34)(H,36,37)/b22-5+/t29-,30+/m0/s1. The molecule has 0 fully saturated rings. The molecule has 9 heteroatoms. The number of phosphoric acid groups is 1. The lowest BCUT2D eigenvalue weighted by Gasteiger charge is -2.26. The third-order valence-electron chi connectivity index (χ3n) is 6.76. The highest BCUT2D eigenvalue weighted by Gasteiger charge is 2.30. The fourth-order valence-electron chi connectivity index (χ4n) is 4.43. The van der Waals surface area contributed by atoms with Crippen LogP contribution >= 0.6 is 7.82 Å². The zero-order valence-electron chi connectivity index (χ0n) is 25.6. The second kappa shape index (κ2) is 23.6. The number of esters is 1. The predicted molar refractivity (Wildman–Crippen MR) is 165 cm³/mol. The predicted octanol–water partition coefficient (Wildman–Crippen LogP) is 8.30. The molecule has 8 nitrogen and oxygen atoms in total. The fraction of sp³-hybridized carbons (Fsp3) is 0.688. The number of nitrogens with one attached hydrogen (secondary N) is 1. The molecule has 3 atom stereocenters. The van der Waals surface area contributed by atoms with E-state index in [-0.39, 0.29) is 19.1 Å². The Hall–Kier alpha value is -1.99. The summed E-state index contributed by atoms with van der Waals surface area (Å²) >= 11 is 0. The van der Waals surface area contributed by atoms with Crippen LogP contribution < -0.4 is 5.32 Å². The zero-order chi connectivity index (χ0) is 30.2. The highest BCUT2D eigenvalue weighted by atomic mass is 31.2. The fourth-order valence-corrected chi connectivity index (χ4v) is 5.27. The van der Waals surface area contributed by atoms with Crippen molar-refractivity contribution in [3.63, 3.8) is 0 Å². The van der Waals surface area contributed by atoms with Gasteiger partial charge < -0.3 is 14.9 Å². The van der Waals surface area contributed by atoms with Gasteiger partial charge in [-0.2, -0.15) is 0 Å². The first-order valence-corrected chi connectivity index (χ1v) is 17.1. The number of carbonyl (C=O) groups excluding carboxylic acids is 2. The number of rotatable bonds is 25. The first-order valence-electron chi connectivity index (χ1n) is 15.6. The van der Waals surface area contributed by atoms with Gasteiger partial charge in [0.05, 0.1) is 24.8 Å². The van der Waals surface area contributed by atoms with Gasteiger partial charge in [-0.25, -0.2) is 9.36 Å². The Kier molecular flexibility index (Phi) is 21.3. The highest BCUT2D eigenvalue weighted by Crippen LogP contribution is 2.43. The molecule has 1 aromatic rings. The topological polar surface area (TPSA) is 111 Å². The van der Waals surface area contributed by atoms with E-state index in [0.29, 0.717) is 18.4 Å². The van der Waals surface area contributed by atoms with Gasteiger partial charge in [-0.15, -0.1) is 0 Å². The Morgan fingerprint density at radius 1 is 0.854 bits per heavy atom. The van der Waals surface area contributed by atoms with Crippen molar-refractivity contribution in [3.8, 4) is 0 Å². The van der Waals surface area contributed by atoms with Crippen LogP contribution in [0, 0.1) is 0 Å². The Morgan fingerprint density at radius 3 is 1.95 bits per heavy atom. The van der Waals surface area contributed by atoms with E-state index in [0.717, 1.165) is 19.3 Å². The minimum atomic E-state index is -4.32. The summed E-state index contributed by atoms with van der Waals surface area (Å²) in [5, 5.41) is 2.85. The van der Waals surface area contributed by atoms with Gasteiger partial charge in [0.1, 0.15) is 6.10 Å². The third-order valence-corrected chi connectivity index (χ3v) is 7.75. The molecule has 0 spiro atoms. The van der Waals surface area contributed by atoms with Crippen LogP contribution in [0.25, 0.3) is 0 Å². The number of hydrogen-bond donors (Lipinski definition) is 2. The van der Waals surface area contributed by atoms with Gasteiger partial charge in [0.2, 0.25) is 5.91 Å². The molecule has 41 heavy (non-hydrogen) atoms. The van der Waals surface area contributed by atoms with Gasteiger partial charge in [-0.05, 0) is 38.0 Å². The first-order chi connectivity index (χ1) is 19.8. The van der Waals surface area contributed by atoms with Crippen LogP contribution in [0.4, 0.5) is 0 Å². The van der Waals surface area contributed by atoms with E-state index in [4.69, 9.17) is 13.8 Å². The van der Waals surface area contributed by atoms with Crippen molar-refractivity contribution in [2.45, 2.75) is 129 Å². The molecule has 234 valence electrons. The summed E-state index contributed by atoms with van der Waals surface area (Å²) < 4.78 is 28.1.